The second kappa shape index (κ2) is 10.4. The average Bonchev–Trinajstić information content (AvgIpc) is 3.17. The zero-order valence-electron chi connectivity index (χ0n) is 17.4. The molecular formula is C21H23N5O3S2. The van der Waals surface area contributed by atoms with Gasteiger partial charge >= 0.3 is 0 Å². The van der Waals surface area contributed by atoms with Crippen molar-refractivity contribution < 1.29 is 9.59 Å². The maximum Gasteiger partial charge on any atom is 0.255 e. The quantitative estimate of drug-likeness (QED) is 0.354. The molecule has 8 nitrogen and oxygen atoms in total. The van der Waals surface area contributed by atoms with Gasteiger partial charge in [0.05, 0.1) is 18.5 Å². The number of aromatic nitrogens is 3. The van der Waals surface area contributed by atoms with Crippen molar-refractivity contribution in [1.29, 1.82) is 0 Å². The van der Waals surface area contributed by atoms with Crippen molar-refractivity contribution in [3.63, 3.8) is 0 Å². The summed E-state index contributed by atoms with van der Waals surface area (Å²) < 4.78 is 0. The van der Waals surface area contributed by atoms with E-state index in [1.165, 1.54) is 23.1 Å². The van der Waals surface area contributed by atoms with Crippen molar-refractivity contribution in [2.24, 2.45) is 0 Å². The minimum Gasteiger partial charge on any atom is -0.359 e. The Bertz CT molecular complexity index is 1130. The lowest BCUT2D eigenvalue weighted by molar-refractivity contribution is -0.120. The fraction of sp³-hybridized carbons (Fsp3) is 0.286. The molecule has 0 aliphatic heterocycles. The van der Waals surface area contributed by atoms with Crippen molar-refractivity contribution in [3.05, 3.63) is 68.6 Å². The molecule has 0 radical (unpaired) electrons. The average molecular weight is 458 g/mol. The zero-order valence-corrected chi connectivity index (χ0v) is 19.0. The molecule has 0 aliphatic carbocycles. The lowest BCUT2D eigenvalue weighted by Crippen LogP contribution is -2.24. The molecule has 0 spiro atoms. The van der Waals surface area contributed by atoms with Gasteiger partial charge in [-0.15, -0.1) is 11.3 Å². The maximum atomic E-state index is 12.6. The molecule has 0 aliphatic rings. The summed E-state index contributed by atoms with van der Waals surface area (Å²) in [5.41, 5.74) is 2.21. The van der Waals surface area contributed by atoms with Crippen LogP contribution in [0.15, 0.2) is 45.7 Å². The number of hydrogen-bond acceptors (Lipinski definition) is 7. The Morgan fingerprint density at radius 1 is 1.16 bits per heavy atom. The van der Waals surface area contributed by atoms with Crippen LogP contribution in [0.25, 0.3) is 0 Å². The number of carbonyl (C=O) groups excluding carboxylic acids is 2. The molecule has 0 saturated carbocycles. The first-order valence-corrected chi connectivity index (χ1v) is 11.4. The van der Waals surface area contributed by atoms with Gasteiger partial charge in [-0.1, -0.05) is 42.1 Å². The van der Waals surface area contributed by atoms with Crippen LogP contribution in [-0.2, 0) is 22.4 Å². The number of H-pyrrole nitrogens is 1. The van der Waals surface area contributed by atoms with Crippen molar-refractivity contribution in [2.45, 2.75) is 37.1 Å². The Morgan fingerprint density at radius 2 is 1.90 bits per heavy atom. The van der Waals surface area contributed by atoms with Crippen molar-refractivity contribution in [1.82, 2.24) is 20.3 Å². The summed E-state index contributed by atoms with van der Waals surface area (Å²) in [4.78, 5) is 47.9. The summed E-state index contributed by atoms with van der Waals surface area (Å²) in [5, 5.41) is 7.93. The van der Waals surface area contributed by atoms with Crippen LogP contribution >= 0.6 is 23.1 Å². The van der Waals surface area contributed by atoms with E-state index in [4.69, 9.17) is 0 Å². The minimum atomic E-state index is -0.366. The van der Waals surface area contributed by atoms with Crippen LogP contribution in [0.5, 0.6) is 0 Å². The number of nitrogens with one attached hydrogen (secondary N) is 3. The molecule has 2 aromatic heterocycles. The molecule has 3 aromatic rings. The standard InChI is InChI=1S/C21H23N5O3S2/c1-12-16(10-18(28)25-20-24-15(11-30-20)9-17(27)22-3)19(29)26-21(23-12)31-13(2)14-7-5-4-6-8-14/h4-8,11,13H,9-10H2,1-3H3,(H,22,27)(H,23,26,29)(H,24,25,28). The third-order valence-electron chi connectivity index (χ3n) is 4.51. The van der Waals surface area contributed by atoms with Gasteiger partial charge in [0.2, 0.25) is 11.8 Å². The van der Waals surface area contributed by atoms with Crippen molar-refractivity contribution in [3.8, 4) is 0 Å². The highest BCUT2D eigenvalue weighted by Crippen LogP contribution is 2.32. The van der Waals surface area contributed by atoms with E-state index in [9.17, 15) is 14.4 Å². The Labute approximate surface area is 187 Å². The topological polar surface area (TPSA) is 117 Å². The fourth-order valence-electron chi connectivity index (χ4n) is 2.83. The Kier molecular flexibility index (Phi) is 7.59. The van der Waals surface area contributed by atoms with Crippen LogP contribution in [0.2, 0.25) is 0 Å². The second-order valence-electron chi connectivity index (χ2n) is 6.82. The largest absolute Gasteiger partial charge is 0.359 e. The highest BCUT2D eigenvalue weighted by molar-refractivity contribution is 7.99. The number of rotatable bonds is 8. The van der Waals surface area contributed by atoms with E-state index in [-0.39, 0.29) is 35.5 Å². The van der Waals surface area contributed by atoms with Gasteiger partial charge in [-0.25, -0.2) is 9.97 Å². The molecule has 1 aromatic carbocycles. The molecule has 31 heavy (non-hydrogen) atoms. The SMILES string of the molecule is CNC(=O)Cc1csc(NC(=O)Cc2c(C)nc(SC(C)c3ccccc3)[nH]c2=O)n1. The van der Waals surface area contributed by atoms with Gasteiger partial charge in [0.1, 0.15) is 0 Å². The number of likely N-dealkylation sites (N-methyl/N-ethyl adjacent to an activating group) is 1. The molecule has 10 heteroatoms. The molecular weight excluding hydrogens is 434 g/mol. The van der Waals surface area contributed by atoms with E-state index in [0.29, 0.717) is 27.2 Å². The Hall–Kier alpha value is -2.98. The van der Waals surface area contributed by atoms with Gasteiger partial charge in [-0.3, -0.25) is 14.4 Å². The van der Waals surface area contributed by atoms with Crippen molar-refractivity contribution >= 4 is 40.0 Å². The summed E-state index contributed by atoms with van der Waals surface area (Å²) in [6.45, 7) is 3.77. The summed E-state index contributed by atoms with van der Waals surface area (Å²) in [6.07, 6.45) is 0.0316. The predicted octanol–water partition coefficient (Wildman–Crippen LogP) is 2.86. The van der Waals surface area contributed by atoms with Gasteiger partial charge in [-0.05, 0) is 19.4 Å². The number of aromatic amines is 1. The van der Waals surface area contributed by atoms with Gasteiger partial charge in [0.15, 0.2) is 10.3 Å². The van der Waals surface area contributed by atoms with Gasteiger partial charge < -0.3 is 15.6 Å². The normalized spacial score (nSPS) is 11.7. The monoisotopic (exact) mass is 457 g/mol. The molecule has 0 bridgehead atoms. The second-order valence-corrected chi connectivity index (χ2v) is 9.01. The molecule has 0 saturated heterocycles. The molecule has 162 valence electrons. The van der Waals surface area contributed by atoms with Crippen LogP contribution in [-0.4, -0.2) is 33.8 Å². The number of thiazole rings is 1. The predicted molar refractivity (Wildman–Crippen MR) is 123 cm³/mol. The van der Waals surface area contributed by atoms with E-state index in [1.54, 1.807) is 19.4 Å². The molecule has 2 heterocycles. The van der Waals surface area contributed by atoms with E-state index in [1.807, 2.05) is 37.3 Å². The molecule has 2 amide bonds. The van der Waals surface area contributed by atoms with Crippen LogP contribution in [0, 0.1) is 6.92 Å². The van der Waals surface area contributed by atoms with E-state index in [2.05, 4.69) is 25.6 Å². The molecule has 1 atom stereocenters. The van der Waals surface area contributed by atoms with Gasteiger partial charge in [0.25, 0.3) is 5.56 Å². The highest BCUT2D eigenvalue weighted by atomic mass is 32.2. The number of thioether (sulfide) groups is 1. The third-order valence-corrected chi connectivity index (χ3v) is 6.36. The van der Waals surface area contributed by atoms with Crippen LogP contribution in [0.1, 0.15) is 34.7 Å². The number of anilines is 1. The maximum absolute atomic E-state index is 12.6. The number of carbonyl (C=O) groups is 2. The summed E-state index contributed by atoms with van der Waals surface area (Å²) in [7, 11) is 1.55. The number of aryl methyl sites for hydroxylation is 1. The first-order chi connectivity index (χ1) is 14.9. The van der Waals surface area contributed by atoms with E-state index < -0.39 is 0 Å². The van der Waals surface area contributed by atoms with Crippen LogP contribution in [0.4, 0.5) is 5.13 Å². The first-order valence-electron chi connectivity index (χ1n) is 9.62. The minimum absolute atomic E-state index is 0.113. The fourth-order valence-corrected chi connectivity index (χ4v) is 4.53. The first kappa shape index (κ1) is 22.7. The number of nitrogens with zero attached hydrogens (tertiary/aromatic N) is 2. The van der Waals surface area contributed by atoms with Crippen LogP contribution in [0.3, 0.4) is 0 Å². The number of hydrogen-bond donors (Lipinski definition) is 3. The smallest absolute Gasteiger partial charge is 0.255 e. The summed E-state index contributed by atoms with van der Waals surface area (Å²) in [5.74, 6) is -0.523. The lowest BCUT2D eigenvalue weighted by Gasteiger charge is -2.12. The molecule has 3 N–H and O–H groups in total. The zero-order chi connectivity index (χ0) is 22.4. The van der Waals surface area contributed by atoms with Crippen molar-refractivity contribution in [2.75, 3.05) is 12.4 Å². The van der Waals surface area contributed by atoms with Crippen LogP contribution < -0.4 is 16.2 Å². The Morgan fingerprint density at radius 3 is 2.58 bits per heavy atom. The number of amides is 2. The Balaban J connectivity index is 1.64. The summed E-state index contributed by atoms with van der Waals surface area (Å²) in [6, 6.07) is 9.96. The molecule has 0 fully saturated rings. The molecule has 1 unspecified atom stereocenters. The molecule has 3 rings (SSSR count). The highest BCUT2D eigenvalue weighted by Gasteiger charge is 2.16. The van der Waals surface area contributed by atoms with Gasteiger partial charge in [-0.2, -0.15) is 0 Å². The van der Waals surface area contributed by atoms with Gasteiger partial charge in [0, 0.05) is 28.9 Å². The van der Waals surface area contributed by atoms with E-state index >= 15 is 0 Å². The summed E-state index contributed by atoms with van der Waals surface area (Å²) >= 11 is 2.68. The van der Waals surface area contributed by atoms with E-state index in [0.717, 1.165) is 5.56 Å². The third kappa shape index (κ3) is 6.25. The number of benzene rings is 1. The lowest BCUT2D eigenvalue weighted by atomic mass is 10.1.